The minimum Gasteiger partial charge on any atom is -0.495 e. The van der Waals surface area contributed by atoms with E-state index in [0.29, 0.717) is 22.3 Å². The van der Waals surface area contributed by atoms with Crippen LogP contribution in [0.3, 0.4) is 0 Å². The lowest BCUT2D eigenvalue weighted by Crippen LogP contribution is -2.23. The van der Waals surface area contributed by atoms with Gasteiger partial charge >= 0.3 is 0 Å². The summed E-state index contributed by atoms with van der Waals surface area (Å²) in [6, 6.07) is 5.09. The maximum atomic E-state index is 12.2. The van der Waals surface area contributed by atoms with E-state index in [4.69, 9.17) is 10.5 Å². The zero-order valence-corrected chi connectivity index (χ0v) is 12.8. The Hall–Kier alpha value is -2.22. The number of nitrogens with two attached hydrogens (primary N) is 1. The molecule has 1 aromatic carbocycles. The minimum absolute atomic E-state index is 0.160. The van der Waals surface area contributed by atoms with Gasteiger partial charge < -0.3 is 20.4 Å². The average molecular weight is 307 g/mol. The maximum Gasteiger partial charge on any atom is 0.237 e. The molecule has 0 radical (unpaired) electrons. The van der Waals surface area contributed by atoms with Crippen LogP contribution in [0, 0.1) is 0 Å². The Morgan fingerprint density at radius 1 is 1.52 bits per heavy atom. The zero-order valence-electron chi connectivity index (χ0n) is 12.0. The van der Waals surface area contributed by atoms with E-state index < -0.39 is 0 Å². The first-order valence-corrected chi connectivity index (χ1v) is 7.14. The Labute approximate surface area is 126 Å². The van der Waals surface area contributed by atoms with Crippen LogP contribution in [0.5, 0.6) is 5.75 Å². The van der Waals surface area contributed by atoms with Gasteiger partial charge in [0.2, 0.25) is 5.91 Å². The van der Waals surface area contributed by atoms with E-state index in [1.54, 1.807) is 43.1 Å². The molecular formula is C13H17N5O2S. The van der Waals surface area contributed by atoms with Crippen LogP contribution in [0.15, 0.2) is 29.7 Å². The molecule has 0 bridgehead atoms. The highest BCUT2D eigenvalue weighted by molar-refractivity contribution is 8.00. The first kappa shape index (κ1) is 15.2. The van der Waals surface area contributed by atoms with Crippen LogP contribution in [0.25, 0.3) is 0 Å². The van der Waals surface area contributed by atoms with Gasteiger partial charge in [0.05, 0.1) is 18.0 Å². The fourth-order valence-electron chi connectivity index (χ4n) is 1.65. The number of thioether (sulfide) groups is 1. The van der Waals surface area contributed by atoms with Crippen LogP contribution in [-0.2, 0) is 11.8 Å². The van der Waals surface area contributed by atoms with Crippen molar-refractivity contribution in [3.63, 3.8) is 0 Å². The van der Waals surface area contributed by atoms with Crippen molar-refractivity contribution in [3.05, 3.63) is 24.5 Å². The fourth-order valence-corrected chi connectivity index (χ4v) is 2.44. The predicted octanol–water partition coefficient (Wildman–Crippen LogP) is 1.53. The van der Waals surface area contributed by atoms with Gasteiger partial charge in [0.15, 0.2) is 5.16 Å². The third kappa shape index (κ3) is 3.66. The molecule has 112 valence electrons. The molecule has 7 nitrogen and oxygen atoms in total. The van der Waals surface area contributed by atoms with Gasteiger partial charge in [-0.1, -0.05) is 11.8 Å². The van der Waals surface area contributed by atoms with Crippen LogP contribution in [0.1, 0.15) is 6.92 Å². The van der Waals surface area contributed by atoms with E-state index in [0.717, 1.165) is 0 Å². The number of carbonyl (C=O) groups is 1. The van der Waals surface area contributed by atoms with Crippen LogP contribution in [0.4, 0.5) is 11.4 Å². The summed E-state index contributed by atoms with van der Waals surface area (Å²) in [5, 5.41) is 10.9. The Kier molecular flexibility index (Phi) is 4.69. The number of amides is 1. The molecule has 0 fully saturated rings. The van der Waals surface area contributed by atoms with Crippen LogP contribution in [0.2, 0.25) is 0 Å². The standard InChI is InChI=1S/C13H17N5O2S/c1-8(21-13-17-15-7-18(13)2)12(19)16-10-6-9(14)4-5-11(10)20-3/h4-8H,14H2,1-3H3,(H,16,19). The third-order valence-electron chi connectivity index (χ3n) is 2.80. The summed E-state index contributed by atoms with van der Waals surface area (Å²) < 4.78 is 6.96. The smallest absolute Gasteiger partial charge is 0.237 e. The fraction of sp³-hybridized carbons (Fsp3) is 0.308. The second-order valence-corrected chi connectivity index (χ2v) is 5.74. The van der Waals surface area contributed by atoms with Gasteiger partial charge in [0.1, 0.15) is 12.1 Å². The van der Waals surface area contributed by atoms with Crippen LogP contribution in [-0.4, -0.2) is 33.0 Å². The molecule has 1 aromatic heterocycles. The van der Waals surface area contributed by atoms with E-state index in [-0.39, 0.29) is 11.2 Å². The number of nitrogen functional groups attached to an aromatic ring is 1. The summed E-state index contributed by atoms with van der Waals surface area (Å²) in [6.07, 6.45) is 1.59. The molecule has 0 aliphatic rings. The molecule has 3 N–H and O–H groups in total. The zero-order chi connectivity index (χ0) is 15.4. The number of nitrogens with zero attached hydrogens (tertiary/aromatic N) is 3. The molecule has 1 amide bonds. The lowest BCUT2D eigenvalue weighted by Gasteiger charge is -2.14. The van der Waals surface area contributed by atoms with E-state index in [1.807, 2.05) is 7.05 Å². The second-order valence-electron chi connectivity index (χ2n) is 4.43. The lowest BCUT2D eigenvalue weighted by atomic mass is 10.2. The number of hydrogen-bond acceptors (Lipinski definition) is 6. The van der Waals surface area contributed by atoms with Crippen LogP contribution < -0.4 is 15.8 Å². The number of nitrogens with one attached hydrogen (secondary N) is 1. The molecule has 1 atom stereocenters. The third-order valence-corrected chi connectivity index (χ3v) is 3.95. The van der Waals surface area contributed by atoms with E-state index in [2.05, 4.69) is 15.5 Å². The van der Waals surface area contributed by atoms with Gasteiger partial charge in [-0.2, -0.15) is 0 Å². The Balaban J connectivity index is 2.07. The highest BCUT2D eigenvalue weighted by Gasteiger charge is 2.18. The molecule has 8 heteroatoms. The van der Waals surface area contributed by atoms with E-state index in [1.165, 1.54) is 11.8 Å². The van der Waals surface area contributed by atoms with Crippen molar-refractivity contribution in [2.75, 3.05) is 18.2 Å². The van der Waals surface area contributed by atoms with Gasteiger partial charge in [-0.15, -0.1) is 10.2 Å². The van der Waals surface area contributed by atoms with Gasteiger partial charge in [0, 0.05) is 12.7 Å². The van der Waals surface area contributed by atoms with Gasteiger partial charge in [-0.25, -0.2) is 0 Å². The van der Waals surface area contributed by atoms with Crippen molar-refractivity contribution in [1.29, 1.82) is 0 Å². The molecule has 2 rings (SSSR count). The molecule has 0 saturated carbocycles. The Morgan fingerprint density at radius 3 is 2.90 bits per heavy atom. The molecule has 1 unspecified atom stereocenters. The number of methoxy groups -OCH3 is 1. The van der Waals surface area contributed by atoms with Crippen molar-refractivity contribution in [2.45, 2.75) is 17.3 Å². The highest BCUT2D eigenvalue weighted by Crippen LogP contribution is 2.28. The Morgan fingerprint density at radius 2 is 2.29 bits per heavy atom. The van der Waals surface area contributed by atoms with Crippen molar-refractivity contribution in [2.24, 2.45) is 7.05 Å². The largest absolute Gasteiger partial charge is 0.495 e. The molecule has 2 aromatic rings. The summed E-state index contributed by atoms with van der Waals surface area (Å²) in [4.78, 5) is 12.2. The maximum absolute atomic E-state index is 12.2. The quantitative estimate of drug-likeness (QED) is 0.642. The SMILES string of the molecule is COc1ccc(N)cc1NC(=O)C(C)Sc1nncn1C. The number of aryl methyl sites for hydroxylation is 1. The summed E-state index contributed by atoms with van der Waals surface area (Å²) in [5.41, 5.74) is 6.83. The van der Waals surface area contributed by atoms with Gasteiger partial charge in [-0.3, -0.25) is 4.79 Å². The number of rotatable bonds is 5. The van der Waals surface area contributed by atoms with E-state index in [9.17, 15) is 4.79 Å². The van der Waals surface area contributed by atoms with Crippen molar-refractivity contribution in [3.8, 4) is 5.75 Å². The number of carbonyl (C=O) groups excluding carboxylic acids is 1. The first-order valence-electron chi connectivity index (χ1n) is 6.26. The number of benzene rings is 1. The summed E-state index contributed by atoms with van der Waals surface area (Å²) in [7, 11) is 3.37. The van der Waals surface area contributed by atoms with Crippen molar-refractivity contribution in [1.82, 2.24) is 14.8 Å². The topological polar surface area (TPSA) is 95.1 Å². The molecule has 0 spiro atoms. The molecule has 0 aliphatic carbocycles. The predicted molar refractivity (Wildman–Crippen MR) is 82.4 cm³/mol. The van der Waals surface area contributed by atoms with E-state index >= 15 is 0 Å². The van der Waals surface area contributed by atoms with Crippen LogP contribution >= 0.6 is 11.8 Å². The lowest BCUT2D eigenvalue weighted by molar-refractivity contribution is -0.115. The number of anilines is 2. The molecule has 1 heterocycles. The highest BCUT2D eigenvalue weighted by atomic mass is 32.2. The monoisotopic (exact) mass is 307 g/mol. The summed E-state index contributed by atoms with van der Waals surface area (Å²) in [5.74, 6) is 0.403. The average Bonchev–Trinajstić information content (AvgIpc) is 2.84. The number of aromatic nitrogens is 3. The number of hydrogen-bond donors (Lipinski definition) is 2. The summed E-state index contributed by atoms with van der Waals surface area (Å²) >= 11 is 1.33. The first-order chi connectivity index (χ1) is 10.0. The minimum atomic E-state index is -0.334. The normalized spacial score (nSPS) is 12.0. The van der Waals surface area contributed by atoms with Crippen molar-refractivity contribution >= 4 is 29.0 Å². The molecular weight excluding hydrogens is 290 g/mol. The van der Waals surface area contributed by atoms with Gasteiger partial charge in [-0.05, 0) is 25.1 Å². The molecule has 21 heavy (non-hydrogen) atoms. The number of ether oxygens (including phenoxy) is 1. The molecule has 0 saturated heterocycles. The second kappa shape index (κ2) is 6.49. The Bertz CT molecular complexity index is 643. The van der Waals surface area contributed by atoms with Gasteiger partial charge in [0.25, 0.3) is 0 Å². The molecule has 0 aliphatic heterocycles. The summed E-state index contributed by atoms with van der Waals surface area (Å²) in [6.45, 7) is 1.80. The van der Waals surface area contributed by atoms with Crippen molar-refractivity contribution < 1.29 is 9.53 Å².